The van der Waals surface area contributed by atoms with Crippen LogP contribution in [0.3, 0.4) is 0 Å². The smallest absolute Gasteiger partial charge is 0.342 e. The number of nitrogens with zero attached hydrogens (tertiary/aromatic N) is 2. The number of hydrogen-bond donors (Lipinski definition) is 1. The summed E-state index contributed by atoms with van der Waals surface area (Å²) in [6.07, 6.45) is 2.13. The summed E-state index contributed by atoms with van der Waals surface area (Å²) >= 11 is 3.40. The summed E-state index contributed by atoms with van der Waals surface area (Å²) in [6.45, 7) is 3.25. The number of esters is 1. The third kappa shape index (κ3) is 4.46. The second kappa shape index (κ2) is 8.83. The summed E-state index contributed by atoms with van der Waals surface area (Å²) in [5.74, 6) is -0.302. The number of amides is 1. The molecule has 1 amide bonds. The molecule has 0 spiro atoms. The molecule has 1 aliphatic rings. The molecule has 6 nitrogen and oxygen atoms in total. The van der Waals surface area contributed by atoms with Crippen molar-refractivity contribution in [2.24, 2.45) is 0 Å². The zero-order chi connectivity index (χ0) is 21.1. The number of pyridine rings is 1. The number of anilines is 2. The first kappa shape index (κ1) is 20.3. The Morgan fingerprint density at radius 2 is 1.90 bits per heavy atom. The SMILES string of the molecule is Cc1cc(Br)ccc1NC(=O)COC(=O)c1cc2ccccc2nc1N1CCCC1. The fourth-order valence-corrected chi connectivity index (χ4v) is 4.06. The number of halogens is 1. The number of ether oxygens (including phenoxy) is 1. The van der Waals surface area contributed by atoms with Gasteiger partial charge in [-0.15, -0.1) is 0 Å². The molecule has 1 aromatic heterocycles. The largest absolute Gasteiger partial charge is 0.452 e. The Hall–Kier alpha value is -2.93. The number of aryl methyl sites for hydroxylation is 1. The second-order valence-electron chi connectivity index (χ2n) is 7.33. The fraction of sp³-hybridized carbons (Fsp3) is 0.261. The van der Waals surface area contributed by atoms with Crippen LogP contribution in [0, 0.1) is 6.92 Å². The number of para-hydroxylation sites is 1. The van der Waals surface area contributed by atoms with E-state index in [4.69, 9.17) is 9.72 Å². The average Bonchev–Trinajstić information content (AvgIpc) is 3.28. The minimum absolute atomic E-state index is 0.361. The van der Waals surface area contributed by atoms with Gasteiger partial charge in [-0.25, -0.2) is 9.78 Å². The van der Waals surface area contributed by atoms with Crippen molar-refractivity contribution >= 4 is 50.2 Å². The van der Waals surface area contributed by atoms with Crippen molar-refractivity contribution in [2.45, 2.75) is 19.8 Å². The van der Waals surface area contributed by atoms with Gasteiger partial charge in [-0.3, -0.25) is 4.79 Å². The summed E-state index contributed by atoms with van der Waals surface area (Å²) in [4.78, 5) is 32.0. The van der Waals surface area contributed by atoms with Crippen LogP contribution in [0.5, 0.6) is 0 Å². The lowest BCUT2D eigenvalue weighted by atomic mass is 10.1. The molecule has 2 heterocycles. The number of benzene rings is 2. The second-order valence-corrected chi connectivity index (χ2v) is 8.25. The predicted octanol–water partition coefficient (Wildman–Crippen LogP) is 4.70. The Balaban J connectivity index is 1.51. The van der Waals surface area contributed by atoms with Gasteiger partial charge >= 0.3 is 5.97 Å². The molecule has 0 aliphatic carbocycles. The van der Waals surface area contributed by atoms with E-state index < -0.39 is 5.97 Å². The Labute approximate surface area is 183 Å². The summed E-state index contributed by atoms with van der Waals surface area (Å²) < 4.78 is 6.28. The zero-order valence-corrected chi connectivity index (χ0v) is 18.2. The van der Waals surface area contributed by atoms with Gasteiger partial charge in [-0.05, 0) is 55.7 Å². The number of fused-ring (bicyclic) bond motifs is 1. The van der Waals surface area contributed by atoms with Gasteiger partial charge in [-0.1, -0.05) is 34.1 Å². The highest BCUT2D eigenvalue weighted by Crippen LogP contribution is 2.27. The average molecular weight is 468 g/mol. The molecule has 1 fully saturated rings. The maximum Gasteiger partial charge on any atom is 0.342 e. The molecule has 0 atom stereocenters. The van der Waals surface area contributed by atoms with Gasteiger partial charge in [0.2, 0.25) is 0 Å². The molecule has 1 saturated heterocycles. The lowest BCUT2D eigenvalue weighted by molar-refractivity contribution is -0.119. The maximum atomic E-state index is 12.9. The van der Waals surface area contributed by atoms with Crippen LogP contribution in [0.4, 0.5) is 11.5 Å². The monoisotopic (exact) mass is 467 g/mol. The van der Waals surface area contributed by atoms with Crippen molar-refractivity contribution in [2.75, 3.05) is 29.9 Å². The van der Waals surface area contributed by atoms with Crippen LogP contribution in [-0.2, 0) is 9.53 Å². The van der Waals surface area contributed by atoms with E-state index in [0.29, 0.717) is 17.1 Å². The summed E-state index contributed by atoms with van der Waals surface area (Å²) in [5.41, 5.74) is 2.83. The van der Waals surface area contributed by atoms with Gasteiger partial charge < -0.3 is 15.0 Å². The van der Waals surface area contributed by atoms with E-state index in [9.17, 15) is 9.59 Å². The van der Waals surface area contributed by atoms with E-state index in [2.05, 4.69) is 26.1 Å². The quantitative estimate of drug-likeness (QED) is 0.550. The summed E-state index contributed by atoms with van der Waals surface area (Å²) in [7, 11) is 0. The van der Waals surface area contributed by atoms with E-state index in [1.807, 2.05) is 43.3 Å². The number of aromatic nitrogens is 1. The number of carbonyl (C=O) groups excluding carboxylic acids is 2. The number of nitrogens with one attached hydrogen (secondary N) is 1. The highest BCUT2D eigenvalue weighted by atomic mass is 79.9. The van der Waals surface area contributed by atoms with Gasteiger partial charge in [0.25, 0.3) is 5.91 Å². The molecule has 4 rings (SSSR count). The van der Waals surface area contributed by atoms with Crippen LogP contribution in [0.1, 0.15) is 28.8 Å². The fourth-order valence-electron chi connectivity index (χ4n) is 3.59. The molecule has 1 aliphatic heterocycles. The molecule has 0 unspecified atom stereocenters. The van der Waals surface area contributed by atoms with Crippen molar-refractivity contribution in [3.05, 3.63) is 64.1 Å². The van der Waals surface area contributed by atoms with Crippen LogP contribution >= 0.6 is 15.9 Å². The van der Waals surface area contributed by atoms with Crippen LogP contribution in [0.2, 0.25) is 0 Å². The Bertz CT molecular complexity index is 1110. The van der Waals surface area contributed by atoms with Crippen LogP contribution in [0.25, 0.3) is 10.9 Å². The molecule has 0 saturated carbocycles. The van der Waals surface area contributed by atoms with Gasteiger partial charge in [0.05, 0.1) is 5.52 Å². The minimum Gasteiger partial charge on any atom is -0.452 e. The van der Waals surface area contributed by atoms with Crippen molar-refractivity contribution in [1.82, 2.24) is 4.98 Å². The van der Waals surface area contributed by atoms with E-state index >= 15 is 0 Å². The van der Waals surface area contributed by atoms with E-state index in [0.717, 1.165) is 46.9 Å². The van der Waals surface area contributed by atoms with Crippen molar-refractivity contribution < 1.29 is 14.3 Å². The Kier molecular flexibility index (Phi) is 5.99. The van der Waals surface area contributed by atoms with Crippen molar-refractivity contribution in [3.8, 4) is 0 Å². The Morgan fingerprint density at radius 1 is 1.13 bits per heavy atom. The highest BCUT2D eigenvalue weighted by Gasteiger charge is 2.23. The number of rotatable bonds is 5. The molecular weight excluding hydrogens is 446 g/mol. The van der Waals surface area contributed by atoms with Crippen LogP contribution in [-0.4, -0.2) is 36.6 Å². The third-order valence-corrected chi connectivity index (χ3v) is 5.62. The van der Waals surface area contributed by atoms with E-state index in [1.165, 1.54) is 0 Å². The van der Waals surface area contributed by atoms with Crippen LogP contribution in [0.15, 0.2) is 53.0 Å². The van der Waals surface area contributed by atoms with Gasteiger partial charge in [-0.2, -0.15) is 0 Å². The first-order valence-corrected chi connectivity index (χ1v) is 10.7. The van der Waals surface area contributed by atoms with E-state index in [-0.39, 0.29) is 12.5 Å². The third-order valence-electron chi connectivity index (χ3n) is 5.13. The minimum atomic E-state index is -0.544. The van der Waals surface area contributed by atoms with Gasteiger partial charge in [0.15, 0.2) is 6.61 Å². The summed E-state index contributed by atoms with van der Waals surface area (Å²) in [6, 6.07) is 15.0. The Morgan fingerprint density at radius 3 is 2.67 bits per heavy atom. The molecule has 0 radical (unpaired) electrons. The van der Waals surface area contributed by atoms with Gasteiger partial charge in [0, 0.05) is 28.6 Å². The zero-order valence-electron chi connectivity index (χ0n) is 16.7. The first-order chi connectivity index (χ1) is 14.5. The molecule has 3 aromatic rings. The lowest BCUT2D eigenvalue weighted by Gasteiger charge is -2.20. The molecule has 2 aromatic carbocycles. The standard InChI is InChI=1S/C23H22BrN3O3/c1-15-12-17(24)8-9-19(15)25-21(28)14-30-23(29)18-13-16-6-2-3-7-20(16)26-22(18)27-10-4-5-11-27/h2-3,6-9,12-13H,4-5,10-11,14H2,1H3,(H,25,28). The van der Waals surface area contributed by atoms with Gasteiger partial charge in [0.1, 0.15) is 11.4 Å². The van der Waals surface area contributed by atoms with Crippen LogP contribution < -0.4 is 10.2 Å². The molecular formula is C23H22BrN3O3. The topological polar surface area (TPSA) is 71.5 Å². The molecule has 30 heavy (non-hydrogen) atoms. The lowest BCUT2D eigenvalue weighted by Crippen LogP contribution is -2.25. The maximum absolute atomic E-state index is 12.9. The molecule has 7 heteroatoms. The highest BCUT2D eigenvalue weighted by molar-refractivity contribution is 9.10. The molecule has 0 bridgehead atoms. The molecule has 154 valence electrons. The number of hydrogen-bond acceptors (Lipinski definition) is 5. The first-order valence-electron chi connectivity index (χ1n) is 9.89. The van der Waals surface area contributed by atoms with Crippen molar-refractivity contribution in [3.63, 3.8) is 0 Å². The normalized spacial score (nSPS) is 13.5. The van der Waals surface area contributed by atoms with E-state index in [1.54, 1.807) is 12.1 Å². The number of carbonyl (C=O) groups is 2. The predicted molar refractivity (Wildman–Crippen MR) is 121 cm³/mol. The summed E-state index contributed by atoms with van der Waals surface area (Å²) in [5, 5.41) is 3.64. The van der Waals surface area contributed by atoms with Crippen molar-refractivity contribution in [1.29, 1.82) is 0 Å². The molecule has 1 N–H and O–H groups in total.